The summed E-state index contributed by atoms with van der Waals surface area (Å²) >= 11 is 6.40. The number of rotatable bonds is 11. The number of nitrogens with one attached hydrogen (secondary N) is 1. The first kappa shape index (κ1) is 32.4. The van der Waals surface area contributed by atoms with E-state index < -0.39 is 28.5 Å². The molecule has 0 saturated heterocycles. The lowest BCUT2D eigenvalue weighted by Gasteiger charge is -2.33. The fourth-order valence-electron chi connectivity index (χ4n) is 5.22. The van der Waals surface area contributed by atoms with Crippen molar-refractivity contribution in [1.29, 1.82) is 0 Å². The lowest BCUT2D eigenvalue weighted by Crippen LogP contribution is -2.53. The minimum Gasteiger partial charge on any atom is -0.495 e. The second kappa shape index (κ2) is 14.3. The number of carbonyl (C=O) groups is 2. The second-order valence-electron chi connectivity index (χ2n) is 11.2. The molecule has 1 aliphatic rings. The molecule has 3 aromatic rings. The van der Waals surface area contributed by atoms with Crippen molar-refractivity contribution in [2.45, 2.75) is 76.4 Å². The molecule has 4 rings (SSSR count). The zero-order chi connectivity index (χ0) is 31.1. The normalized spacial score (nSPS) is 14.5. The molecule has 0 bridgehead atoms. The van der Waals surface area contributed by atoms with Crippen LogP contribution in [0.4, 0.5) is 5.69 Å². The van der Waals surface area contributed by atoms with E-state index in [4.69, 9.17) is 16.3 Å². The molecule has 3 aromatic carbocycles. The SMILES string of the molecule is COc1ccc(N(CC(=O)N(Cc2ccc(C)cc2)[C@H](C)C(=O)NC2CCCCC2)S(=O)(=O)c2ccc(C)cc2)cc1Cl. The molecule has 0 spiro atoms. The van der Waals surface area contributed by atoms with E-state index in [1.54, 1.807) is 31.2 Å². The third-order valence-corrected chi connectivity index (χ3v) is 9.99. The molecule has 1 saturated carbocycles. The second-order valence-corrected chi connectivity index (χ2v) is 13.4. The summed E-state index contributed by atoms with van der Waals surface area (Å²) in [5.74, 6) is -0.402. The lowest BCUT2D eigenvalue weighted by atomic mass is 9.95. The van der Waals surface area contributed by atoms with Gasteiger partial charge in [0, 0.05) is 12.6 Å². The number of benzene rings is 3. The van der Waals surface area contributed by atoms with Crippen LogP contribution in [-0.2, 0) is 26.2 Å². The molecule has 0 unspecified atom stereocenters. The Hall–Kier alpha value is -3.56. The van der Waals surface area contributed by atoms with E-state index in [0.717, 1.165) is 53.1 Å². The van der Waals surface area contributed by atoms with Gasteiger partial charge in [-0.1, -0.05) is 78.4 Å². The highest BCUT2D eigenvalue weighted by molar-refractivity contribution is 7.92. The van der Waals surface area contributed by atoms with Gasteiger partial charge >= 0.3 is 0 Å². The topological polar surface area (TPSA) is 96.0 Å². The van der Waals surface area contributed by atoms with E-state index in [2.05, 4.69) is 5.32 Å². The van der Waals surface area contributed by atoms with Crippen LogP contribution in [0.2, 0.25) is 5.02 Å². The van der Waals surface area contributed by atoms with E-state index in [9.17, 15) is 18.0 Å². The van der Waals surface area contributed by atoms with Crippen LogP contribution in [0.5, 0.6) is 5.75 Å². The molecule has 10 heteroatoms. The van der Waals surface area contributed by atoms with Gasteiger partial charge in [0.25, 0.3) is 10.0 Å². The van der Waals surface area contributed by atoms with Crippen LogP contribution in [0.15, 0.2) is 71.6 Å². The van der Waals surface area contributed by atoms with Crippen molar-refractivity contribution in [3.8, 4) is 5.75 Å². The summed E-state index contributed by atoms with van der Waals surface area (Å²) < 4.78 is 34.4. The number of sulfonamides is 1. The van der Waals surface area contributed by atoms with Crippen molar-refractivity contribution in [2.75, 3.05) is 18.0 Å². The highest BCUT2D eigenvalue weighted by atomic mass is 35.5. The van der Waals surface area contributed by atoms with E-state index in [0.29, 0.717) is 5.75 Å². The fraction of sp³-hybridized carbons (Fsp3) is 0.394. The largest absolute Gasteiger partial charge is 0.495 e. The number of nitrogens with zero attached hydrogens (tertiary/aromatic N) is 2. The van der Waals surface area contributed by atoms with Gasteiger partial charge < -0.3 is 15.0 Å². The Morgan fingerprint density at radius 3 is 2.14 bits per heavy atom. The van der Waals surface area contributed by atoms with Gasteiger partial charge in [-0.25, -0.2) is 8.42 Å². The summed E-state index contributed by atoms with van der Waals surface area (Å²) in [5, 5.41) is 3.32. The van der Waals surface area contributed by atoms with Gasteiger partial charge in [0.1, 0.15) is 18.3 Å². The number of methoxy groups -OCH3 is 1. The first-order valence-electron chi connectivity index (χ1n) is 14.6. The summed E-state index contributed by atoms with van der Waals surface area (Å²) in [6, 6.07) is 17.9. The van der Waals surface area contributed by atoms with Crippen LogP contribution in [0.3, 0.4) is 0 Å². The average Bonchev–Trinajstić information content (AvgIpc) is 2.99. The van der Waals surface area contributed by atoms with Crippen LogP contribution in [0.1, 0.15) is 55.7 Å². The number of amides is 2. The van der Waals surface area contributed by atoms with Crippen LogP contribution >= 0.6 is 11.6 Å². The summed E-state index contributed by atoms with van der Waals surface area (Å²) in [7, 11) is -2.73. The maximum atomic E-state index is 14.2. The third kappa shape index (κ3) is 8.09. The number of hydrogen-bond donors (Lipinski definition) is 1. The summed E-state index contributed by atoms with van der Waals surface area (Å²) in [6.07, 6.45) is 5.08. The quantitative estimate of drug-likeness (QED) is 0.281. The number of anilines is 1. The first-order valence-corrected chi connectivity index (χ1v) is 16.4. The van der Waals surface area contributed by atoms with Gasteiger partial charge in [0.2, 0.25) is 11.8 Å². The van der Waals surface area contributed by atoms with E-state index in [1.807, 2.05) is 38.1 Å². The Labute approximate surface area is 260 Å². The van der Waals surface area contributed by atoms with Gasteiger partial charge in [0.15, 0.2) is 0 Å². The van der Waals surface area contributed by atoms with Crippen molar-refractivity contribution in [1.82, 2.24) is 10.2 Å². The highest BCUT2D eigenvalue weighted by Gasteiger charge is 2.33. The van der Waals surface area contributed by atoms with Gasteiger partial charge in [0.05, 0.1) is 22.7 Å². The molecule has 1 fully saturated rings. The predicted molar refractivity (Wildman–Crippen MR) is 170 cm³/mol. The minimum atomic E-state index is -4.20. The first-order chi connectivity index (χ1) is 20.5. The van der Waals surface area contributed by atoms with Crippen molar-refractivity contribution < 1.29 is 22.7 Å². The maximum Gasteiger partial charge on any atom is 0.264 e. The fourth-order valence-corrected chi connectivity index (χ4v) is 6.88. The summed E-state index contributed by atoms with van der Waals surface area (Å²) in [6.45, 7) is 5.13. The average molecular weight is 626 g/mol. The van der Waals surface area contributed by atoms with Crippen molar-refractivity contribution >= 4 is 39.1 Å². The predicted octanol–water partition coefficient (Wildman–Crippen LogP) is 6.03. The summed E-state index contributed by atoms with van der Waals surface area (Å²) in [4.78, 5) is 29.1. The summed E-state index contributed by atoms with van der Waals surface area (Å²) in [5.41, 5.74) is 3.00. The Morgan fingerprint density at radius 2 is 1.56 bits per heavy atom. The molecule has 2 amide bonds. The maximum absolute atomic E-state index is 14.2. The number of carbonyl (C=O) groups excluding carboxylic acids is 2. The number of halogens is 1. The van der Waals surface area contributed by atoms with Crippen LogP contribution in [0.25, 0.3) is 0 Å². The molecule has 0 aliphatic heterocycles. The molecule has 1 N–H and O–H groups in total. The molecule has 230 valence electrons. The van der Waals surface area contributed by atoms with E-state index in [1.165, 1.54) is 30.2 Å². The Kier molecular flexibility index (Phi) is 10.7. The Balaban J connectivity index is 1.70. The van der Waals surface area contributed by atoms with Gasteiger partial charge in [-0.05, 0) is 69.5 Å². The van der Waals surface area contributed by atoms with Crippen LogP contribution < -0.4 is 14.4 Å². The standard InChI is InChI=1S/C33H40ClN3O5S/c1-23-10-14-26(15-11-23)21-36(25(3)33(39)35-27-8-6-5-7-9-27)32(38)22-37(28-16-19-31(42-4)30(34)20-28)43(40,41)29-17-12-24(2)13-18-29/h10-20,25,27H,5-9,21-22H2,1-4H3,(H,35,39)/t25-/m1/s1. The Bertz CT molecular complexity index is 1520. The Morgan fingerprint density at radius 1 is 0.953 bits per heavy atom. The number of aryl methyl sites for hydroxylation is 2. The number of hydrogen-bond acceptors (Lipinski definition) is 5. The molecule has 0 aromatic heterocycles. The van der Waals surface area contributed by atoms with Crippen molar-refractivity contribution in [3.63, 3.8) is 0 Å². The van der Waals surface area contributed by atoms with E-state index in [-0.39, 0.29) is 34.1 Å². The van der Waals surface area contributed by atoms with Gasteiger partial charge in [-0.3, -0.25) is 13.9 Å². The molecular formula is C33H40ClN3O5S. The third-order valence-electron chi connectivity index (χ3n) is 7.90. The van der Waals surface area contributed by atoms with Gasteiger partial charge in [-0.15, -0.1) is 0 Å². The zero-order valence-electron chi connectivity index (χ0n) is 25.2. The highest BCUT2D eigenvalue weighted by Crippen LogP contribution is 2.32. The van der Waals surface area contributed by atoms with E-state index >= 15 is 0 Å². The minimum absolute atomic E-state index is 0.0333. The van der Waals surface area contributed by atoms with Crippen molar-refractivity contribution in [3.05, 3.63) is 88.4 Å². The molecule has 0 radical (unpaired) electrons. The lowest BCUT2D eigenvalue weighted by molar-refractivity contribution is -0.139. The molecule has 8 nitrogen and oxygen atoms in total. The molecule has 0 heterocycles. The molecule has 1 aliphatic carbocycles. The molecular weight excluding hydrogens is 586 g/mol. The number of ether oxygens (including phenoxy) is 1. The van der Waals surface area contributed by atoms with Crippen molar-refractivity contribution in [2.24, 2.45) is 0 Å². The molecule has 1 atom stereocenters. The monoisotopic (exact) mass is 625 g/mol. The van der Waals surface area contributed by atoms with Crippen LogP contribution in [0, 0.1) is 13.8 Å². The van der Waals surface area contributed by atoms with Crippen LogP contribution in [-0.4, -0.2) is 50.9 Å². The van der Waals surface area contributed by atoms with Gasteiger partial charge in [-0.2, -0.15) is 0 Å². The zero-order valence-corrected chi connectivity index (χ0v) is 26.7. The molecule has 43 heavy (non-hydrogen) atoms. The smallest absolute Gasteiger partial charge is 0.264 e.